The van der Waals surface area contributed by atoms with Crippen molar-refractivity contribution in [2.75, 3.05) is 53.1 Å². The predicted molar refractivity (Wildman–Crippen MR) is 91.2 cm³/mol. The van der Waals surface area contributed by atoms with Gasteiger partial charge in [0, 0.05) is 51.8 Å². The topological polar surface area (TPSA) is 62.8 Å². The average molecular weight is 358 g/mol. The van der Waals surface area contributed by atoms with Gasteiger partial charge in [-0.25, -0.2) is 0 Å². The number of piperidine rings is 1. The van der Waals surface area contributed by atoms with E-state index in [1.165, 1.54) is 0 Å². The fourth-order valence-corrected chi connectivity index (χ4v) is 2.78. The zero-order valence-electron chi connectivity index (χ0n) is 13.2. The van der Waals surface area contributed by atoms with Crippen LogP contribution in [0.1, 0.15) is 19.3 Å². The molecule has 132 valence electrons. The lowest BCUT2D eigenvalue weighted by Gasteiger charge is -2.32. The van der Waals surface area contributed by atoms with E-state index in [9.17, 15) is 4.79 Å². The van der Waals surface area contributed by atoms with Gasteiger partial charge in [-0.2, -0.15) is 0 Å². The lowest BCUT2D eigenvalue weighted by Crippen LogP contribution is -2.48. The fraction of sp³-hybridized carbons (Fsp3) is 0.929. The summed E-state index contributed by atoms with van der Waals surface area (Å²) >= 11 is 0. The quantitative estimate of drug-likeness (QED) is 0.721. The Hall–Kier alpha value is -0.110. The molecule has 2 N–H and O–H groups in total. The zero-order chi connectivity index (χ0) is 14.2. The van der Waals surface area contributed by atoms with Gasteiger partial charge in [-0.1, -0.05) is 0 Å². The Morgan fingerprint density at radius 3 is 2.68 bits per heavy atom. The van der Waals surface area contributed by atoms with Gasteiger partial charge >= 0.3 is 0 Å². The fourth-order valence-electron chi connectivity index (χ4n) is 2.78. The van der Waals surface area contributed by atoms with Crippen molar-refractivity contribution < 1.29 is 14.3 Å². The van der Waals surface area contributed by atoms with Crippen LogP contribution in [0.5, 0.6) is 0 Å². The summed E-state index contributed by atoms with van der Waals surface area (Å²) in [7, 11) is 1.73. The number of amides is 1. The van der Waals surface area contributed by atoms with Crippen molar-refractivity contribution in [1.82, 2.24) is 15.5 Å². The molecule has 0 aromatic carbocycles. The highest BCUT2D eigenvalue weighted by Crippen LogP contribution is 2.10. The van der Waals surface area contributed by atoms with Crippen molar-refractivity contribution in [3.05, 3.63) is 0 Å². The molecule has 0 aromatic rings. The molecule has 2 aliphatic rings. The number of hydrogen-bond acceptors (Lipinski definition) is 5. The SMILES string of the molecule is COCCN1CCC(NC(=O)CC2COCCN2)CC1.Cl.Cl. The zero-order valence-corrected chi connectivity index (χ0v) is 14.8. The number of morpholine rings is 1. The monoisotopic (exact) mass is 357 g/mol. The summed E-state index contributed by atoms with van der Waals surface area (Å²) in [4.78, 5) is 14.4. The first-order chi connectivity index (χ1) is 9.78. The molecule has 2 rings (SSSR count). The molecule has 0 aromatic heterocycles. The van der Waals surface area contributed by atoms with Gasteiger partial charge in [0.2, 0.25) is 5.91 Å². The first-order valence-electron chi connectivity index (χ1n) is 7.59. The molecule has 2 fully saturated rings. The third-order valence-electron chi connectivity index (χ3n) is 3.99. The minimum atomic E-state index is 0. The maximum absolute atomic E-state index is 12.0. The van der Waals surface area contributed by atoms with Gasteiger partial charge in [-0.05, 0) is 12.8 Å². The largest absolute Gasteiger partial charge is 0.383 e. The highest BCUT2D eigenvalue weighted by atomic mass is 35.5. The molecule has 0 bridgehead atoms. The van der Waals surface area contributed by atoms with Gasteiger partial charge in [0.1, 0.15) is 0 Å². The molecule has 2 aliphatic heterocycles. The Bertz CT molecular complexity index is 297. The predicted octanol–water partition coefficient (Wildman–Crippen LogP) is 0.436. The number of nitrogens with zero attached hydrogens (tertiary/aromatic N) is 1. The average Bonchev–Trinajstić information content (AvgIpc) is 2.47. The van der Waals surface area contributed by atoms with Crippen molar-refractivity contribution in [1.29, 1.82) is 0 Å². The van der Waals surface area contributed by atoms with Crippen molar-refractivity contribution in [2.45, 2.75) is 31.3 Å². The molecule has 0 spiro atoms. The van der Waals surface area contributed by atoms with Crippen LogP contribution < -0.4 is 10.6 Å². The van der Waals surface area contributed by atoms with Crippen molar-refractivity contribution in [3.8, 4) is 0 Å². The van der Waals surface area contributed by atoms with E-state index in [0.29, 0.717) is 19.1 Å². The number of nitrogens with one attached hydrogen (secondary N) is 2. The minimum Gasteiger partial charge on any atom is -0.383 e. The van der Waals surface area contributed by atoms with Crippen LogP contribution in [0.25, 0.3) is 0 Å². The van der Waals surface area contributed by atoms with Gasteiger partial charge in [0.25, 0.3) is 0 Å². The maximum atomic E-state index is 12.0. The van der Waals surface area contributed by atoms with Crippen molar-refractivity contribution in [2.24, 2.45) is 0 Å². The molecule has 8 heteroatoms. The lowest BCUT2D eigenvalue weighted by molar-refractivity contribution is -0.123. The number of carbonyl (C=O) groups excluding carboxylic acids is 1. The molecule has 1 amide bonds. The first kappa shape index (κ1) is 21.9. The third-order valence-corrected chi connectivity index (χ3v) is 3.99. The molecule has 1 atom stereocenters. The molecule has 2 heterocycles. The van der Waals surface area contributed by atoms with Crippen LogP contribution in [0.2, 0.25) is 0 Å². The normalized spacial score (nSPS) is 23.2. The third kappa shape index (κ3) is 7.94. The molecular weight excluding hydrogens is 329 g/mol. The van der Waals surface area contributed by atoms with E-state index < -0.39 is 0 Å². The molecule has 1 unspecified atom stereocenters. The number of likely N-dealkylation sites (tertiary alicyclic amines) is 1. The Kier molecular flexibility index (Phi) is 12.3. The number of ether oxygens (including phenoxy) is 2. The second-order valence-electron chi connectivity index (χ2n) is 5.61. The van der Waals surface area contributed by atoms with Crippen molar-refractivity contribution in [3.63, 3.8) is 0 Å². The highest BCUT2D eigenvalue weighted by Gasteiger charge is 2.22. The molecule has 0 saturated carbocycles. The number of rotatable bonds is 6. The molecule has 6 nitrogen and oxygen atoms in total. The highest BCUT2D eigenvalue weighted by molar-refractivity contribution is 5.85. The van der Waals surface area contributed by atoms with Gasteiger partial charge in [-0.3, -0.25) is 4.79 Å². The van der Waals surface area contributed by atoms with Gasteiger partial charge < -0.3 is 25.0 Å². The second kappa shape index (κ2) is 12.3. The van der Waals surface area contributed by atoms with Gasteiger partial charge in [0.05, 0.1) is 19.8 Å². The summed E-state index contributed by atoms with van der Waals surface area (Å²) in [6, 6.07) is 0.497. The Morgan fingerprint density at radius 1 is 1.36 bits per heavy atom. The number of methoxy groups -OCH3 is 1. The van der Waals surface area contributed by atoms with E-state index >= 15 is 0 Å². The summed E-state index contributed by atoms with van der Waals surface area (Å²) in [5.74, 6) is 0.142. The van der Waals surface area contributed by atoms with E-state index in [0.717, 1.165) is 52.2 Å². The van der Waals surface area contributed by atoms with Crippen LogP contribution in [0, 0.1) is 0 Å². The van der Waals surface area contributed by atoms with E-state index in [1.54, 1.807) is 7.11 Å². The number of carbonyl (C=O) groups is 1. The maximum Gasteiger partial charge on any atom is 0.221 e. The van der Waals surface area contributed by atoms with Crippen molar-refractivity contribution >= 4 is 30.7 Å². The Morgan fingerprint density at radius 2 is 2.09 bits per heavy atom. The smallest absolute Gasteiger partial charge is 0.221 e. The van der Waals surface area contributed by atoms with Crippen LogP contribution in [-0.4, -0.2) is 76.0 Å². The molecule has 0 aliphatic carbocycles. The second-order valence-corrected chi connectivity index (χ2v) is 5.61. The summed E-state index contributed by atoms with van der Waals surface area (Å²) in [5, 5.41) is 6.46. The van der Waals surface area contributed by atoms with Gasteiger partial charge in [0.15, 0.2) is 0 Å². The molecule has 0 radical (unpaired) electrons. The van der Waals surface area contributed by atoms with Crippen LogP contribution in [0.4, 0.5) is 0 Å². The van der Waals surface area contributed by atoms with E-state index in [-0.39, 0.29) is 36.8 Å². The first-order valence-corrected chi connectivity index (χ1v) is 7.59. The van der Waals surface area contributed by atoms with Crippen LogP contribution in [-0.2, 0) is 14.3 Å². The van der Waals surface area contributed by atoms with Crippen LogP contribution >= 0.6 is 24.8 Å². The standard InChI is InChI=1S/C14H27N3O3.2ClH/c1-19-9-7-17-5-2-12(3-6-17)16-14(18)10-13-11-20-8-4-15-13;;/h12-13,15H,2-11H2,1H3,(H,16,18);2*1H. The van der Waals surface area contributed by atoms with Gasteiger partial charge in [-0.15, -0.1) is 24.8 Å². The van der Waals surface area contributed by atoms with Crippen LogP contribution in [0.15, 0.2) is 0 Å². The molecule has 2 saturated heterocycles. The van der Waals surface area contributed by atoms with E-state index in [1.807, 2.05) is 0 Å². The lowest BCUT2D eigenvalue weighted by atomic mass is 10.0. The Balaban J connectivity index is 0.00000220. The molecular formula is C14H29Cl2N3O3. The summed E-state index contributed by atoms with van der Waals surface area (Å²) < 4.78 is 10.5. The van der Waals surface area contributed by atoms with E-state index in [4.69, 9.17) is 9.47 Å². The summed E-state index contributed by atoms with van der Waals surface area (Å²) in [6.07, 6.45) is 2.58. The summed E-state index contributed by atoms with van der Waals surface area (Å²) in [5.41, 5.74) is 0. The summed E-state index contributed by atoms with van der Waals surface area (Å²) in [6.45, 7) is 6.08. The Labute approximate surface area is 145 Å². The number of hydrogen-bond donors (Lipinski definition) is 2. The van der Waals surface area contributed by atoms with Crippen LogP contribution in [0.3, 0.4) is 0 Å². The number of halogens is 2. The van der Waals surface area contributed by atoms with E-state index in [2.05, 4.69) is 15.5 Å². The molecule has 22 heavy (non-hydrogen) atoms. The minimum absolute atomic E-state index is 0.